The molecule has 0 aliphatic heterocycles. The minimum atomic E-state index is 0.525. The van der Waals surface area contributed by atoms with E-state index in [0.717, 1.165) is 5.33 Å². The second-order valence-electron chi connectivity index (χ2n) is 6.11. The Bertz CT molecular complexity index is 406. The fourth-order valence-corrected chi connectivity index (χ4v) is 5.33. The van der Waals surface area contributed by atoms with E-state index < -0.39 is 0 Å². The van der Waals surface area contributed by atoms with E-state index in [1.54, 1.807) is 0 Å². The molecule has 0 N–H and O–H groups in total. The standard InChI is InChI=1S/C17H25BrS/c1-14-7-8-15(2)16(11-14)19-13-17(12-18)9-5-3-4-6-10-17/h7-8,11H,3-6,9-10,12-13H2,1-2H3. The van der Waals surface area contributed by atoms with Crippen LogP contribution in [-0.2, 0) is 0 Å². The van der Waals surface area contributed by atoms with E-state index in [9.17, 15) is 0 Å². The number of hydrogen-bond acceptors (Lipinski definition) is 1. The maximum atomic E-state index is 3.80. The van der Waals surface area contributed by atoms with Crippen LogP contribution in [0.15, 0.2) is 23.1 Å². The van der Waals surface area contributed by atoms with Gasteiger partial charge >= 0.3 is 0 Å². The minimum Gasteiger partial charge on any atom is -0.125 e. The fourth-order valence-electron chi connectivity index (χ4n) is 2.89. The van der Waals surface area contributed by atoms with Gasteiger partial charge in [-0.15, -0.1) is 11.8 Å². The lowest BCUT2D eigenvalue weighted by molar-refractivity contribution is 0.334. The summed E-state index contributed by atoms with van der Waals surface area (Å²) in [6, 6.07) is 6.81. The molecule has 1 aliphatic carbocycles. The smallest absolute Gasteiger partial charge is 0.0104 e. The molecule has 1 aliphatic rings. The first-order valence-corrected chi connectivity index (χ1v) is 9.52. The summed E-state index contributed by atoms with van der Waals surface area (Å²) in [6.07, 6.45) is 8.50. The van der Waals surface area contributed by atoms with E-state index >= 15 is 0 Å². The number of hydrogen-bond donors (Lipinski definition) is 0. The van der Waals surface area contributed by atoms with E-state index in [-0.39, 0.29) is 0 Å². The molecule has 0 spiro atoms. The van der Waals surface area contributed by atoms with Gasteiger partial charge in [-0.2, -0.15) is 0 Å². The second kappa shape index (κ2) is 7.17. The Kier molecular flexibility index (Phi) is 5.83. The van der Waals surface area contributed by atoms with Crippen LogP contribution in [0.2, 0.25) is 0 Å². The topological polar surface area (TPSA) is 0 Å². The number of thioether (sulfide) groups is 1. The SMILES string of the molecule is Cc1ccc(C)c(SCC2(CBr)CCCCCC2)c1. The third kappa shape index (κ3) is 4.26. The summed E-state index contributed by atoms with van der Waals surface area (Å²) in [6.45, 7) is 4.42. The normalized spacial score (nSPS) is 19.1. The average molecular weight is 341 g/mol. The summed E-state index contributed by atoms with van der Waals surface area (Å²) in [4.78, 5) is 1.48. The Morgan fingerprint density at radius 1 is 1.11 bits per heavy atom. The van der Waals surface area contributed by atoms with Crippen LogP contribution in [0.25, 0.3) is 0 Å². The van der Waals surface area contributed by atoms with Crippen molar-refractivity contribution in [3.05, 3.63) is 29.3 Å². The molecule has 0 atom stereocenters. The zero-order valence-electron chi connectivity index (χ0n) is 12.2. The largest absolute Gasteiger partial charge is 0.125 e. The van der Waals surface area contributed by atoms with Crippen LogP contribution in [0, 0.1) is 19.3 Å². The van der Waals surface area contributed by atoms with Crippen molar-refractivity contribution in [1.82, 2.24) is 0 Å². The summed E-state index contributed by atoms with van der Waals surface area (Å²) in [5.41, 5.74) is 3.33. The molecule has 0 aromatic heterocycles. The molecular formula is C17H25BrS. The number of halogens is 1. The van der Waals surface area contributed by atoms with Crippen LogP contribution < -0.4 is 0 Å². The Balaban J connectivity index is 2.04. The van der Waals surface area contributed by atoms with Crippen molar-refractivity contribution in [1.29, 1.82) is 0 Å². The van der Waals surface area contributed by atoms with Gasteiger partial charge in [-0.3, -0.25) is 0 Å². The van der Waals surface area contributed by atoms with Crippen LogP contribution in [0.3, 0.4) is 0 Å². The van der Waals surface area contributed by atoms with Gasteiger partial charge in [-0.1, -0.05) is 59.3 Å². The Hall–Kier alpha value is 0.0500. The van der Waals surface area contributed by atoms with Crippen molar-refractivity contribution in [3.8, 4) is 0 Å². The van der Waals surface area contributed by atoms with Crippen molar-refractivity contribution in [2.24, 2.45) is 5.41 Å². The van der Waals surface area contributed by atoms with Crippen LogP contribution >= 0.6 is 27.7 Å². The summed E-state index contributed by atoms with van der Waals surface area (Å²) in [5, 5.41) is 1.16. The van der Waals surface area contributed by atoms with Gasteiger partial charge in [-0.05, 0) is 43.7 Å². The molecule has 0 unspecified atom stereocenters. The van der Waals surface area contributed by atoms with Gasteiger partial charge in [0.1, 0.15) is 0 Å². The Morgan fingerprint density at radius 2 is 1.79 bits per heavy atom. The van der Waals surface area contributed by atoms with Gasteiger partial charge in [0.05, 0.1) is 0 Å². The molecule has 0 amide bonds. The van der Waals surface area contributed by atoms with Gasteiger partial charge in [0.15, 0.2) is 0 Å². The molecule has 0 radical (unpaired) electrons. The predicted molar refractivity (Wildman–Crippen MR) is 90.6 cm³/mol. The van der Waals surface area contributed by atoms with Crippen LogP contribution in [0.4, 0.5) is 0 Å². The molecule has 19 heavy (non-hydrogen) atoms. The molecule has 2 heteroatoms. The predicted octanol–water partition coefficient (Wildman–Crippen LogP) is 6.13. The molecular weight excluding hydrogens is 316 g/mol. The van der Waals surface area contributed by atoms with Crippen molar-refractivity contribution < 1.29 is 0 Å². The lowest BCUT2D eigenvalue weighted by Gasteiger charge is -2.30. The molecule has 1 aromatic rings. The molecule has 2 rings (SSSR count). The first kappa shape index (κ1) is 15.4. The van der Waals surface area contributed by atoms with Gasteiger partial charge in [0, 0.05) is 16.0 Å². The zero-order chi connectivity index (χ0) is 13.7. The molecule has 0 nitrogen and oxygen atoms in total. The summed E-state index contributed by atoms with van der Waals surface area (Å²) in [7, 11) is 0. The van der Waals surface area contributed by atoms with Gasteiger partial charge < -0.3 is 0 Å². The first-order chi connectivity index (χ1) is 9.15. The molecule has 0 saturated heterocycles. The summed E-state index contributed by atoms with van der Waals surface area (Å²) < 4.78 is 0. The maximum absolute atomic E-state index is 3.80. The third-order valence-corrected chi connectivity index (χ3v) is 7.02. The van der Waals surface area contributed by atoms with E-state index in [1.807, 2.05) is 0 Å². The zero-order valence-corrected chi connectivity index (χ0v) is 14.6. The molecule has 1 fully saturated rings. The van der Waals surface area contributed by atoms with Gasteiger partial charge in [-0.25, -0.2) is 0 Å². The van der Waals surface area contributed by atoms with Crippen molar-refractivity contribution in [2.45, 2.75) is 57.3 Å². The van der Waals surface area contributed by atoms with Crippen LogP contribution in [0.5, 0.6) is 0 Å². The fraction of sp³-hybridized carbons (Fsp3) is 0.647. The van der Waals surface area contributed by atoms with Gasteiger partial charge in [0.25, 0.3) is 0 Å². The quantitative estimate of drug-likeness (QED) is 0.360. The highest BCUT2D eigenvalue weighted by molar-refractivity contribution is 9.09. The Labute approximate surface area is 130 Å². The second-order valence-corrected chi connectivity index (χ2v) is 7.68. The summed E-state index contributed by atoms with van der Waals surface area (Å²) in [5.74, 6) is 1.27. The Morgan fingerprint density at radius 3 is 2.42 bits per heavy atom. The third-order valence-electron chi connectivity index (χ3n) is 4.33. The lowest BCUT2D eigenvalue weighted by Crippen LogP contribution is -2.25. The average Bonchev–Trinajstić information content (AvgIpc) is 2.66. The number of aryl methyl sites for hydroxylation is 2. The molecule has 106 valence electrons. The highest BCUT2D eigenvalue weighted by atomic mass is 79.9. The molecule has 1 saturated carbocycles. The van der Waals surface area contributed by atoms with E-state index in [1.165, 1.54) is 60.3 Å². The number of rotatable bonds is 4. The van der Waals surface area contributed by atoms with Crippen LogP contribution in [0.1, 0.15) is 49.7 Å². The van der Waals surface area contributed by atoms with E-state index in [0.29, 0.717) is 5.41 Å². The maximum Gasteiger partial charge on any atom is 0.0104 e. The van der Waals surface area contributed by atoms with Gasteiger partial charge in [0.2, 0.25) is 0 Å². The monoisotopic (exact) mass is 340 g/mol. The van der Waals surface area contributed by atoms with E-state index in [4.69, 9.17) is 0 Å². The number of alkyl halides is 1. The molecule has 0 heterocycles. The van der Waals surface area contributed by atoms with E-state index in [2.05, 4.69) is 59.7 Å². The van der Waals surface area contributed by atoms with Crippen molar-refractivity contribution in [2.75, 3.05) is 11.1 Å². The highest BCUT2D eigenvalue weighted by Gasteiger charge is 2.30. The first-order valence-electron chi connectivity index (χ1n) is 7.41. The minimum absolute atomic E-state index is 0.525. The van der Waals surface area contributed by atoms with Crippen molar-refractivity contribution in [3.63, 3.8) is 0 Å². The summed E-state index contributed by atoms with van der Waals surface area (Å²) >= 11 is 5.87. The lowest BCUT2D eigenvalue weighted by atomic mass is 9.85. The number of benzene rings is 1. The molecule has 1 aromatic carbocycles. The molecule has 0 bridgehead atoms. The highest BCUT2D eigenvalue weighted by Crippen LogP contribution is 2.41. The van der Waals surface area contributed by atoms with Crippen LogP contribution in [-0.4, -0.2) is 11.1 Å². The van der Waals surface area contributed by atoms with Crippen molar-refractivity contribution >= 4 is 27.7 Å².